The predicted molar refractivity (Wildman–Crippen MR) is 113 cm³/mol. The third-order valence-corrected chi connectivity index (χ3v) is 4.69. The second-order valence-electron chi connectivity index (χ2n) is 6.63. The van der Waals surface area contributed by atoms with Crippen LogP contribution in [0.5, 0.6) is 17.2 Å². The van der Waals surface area contributed by atoms with E-state index in [0.717, 1.165) is 5.70 Å². The maximum Gasteiger partial charge on any atom is 0.255 e. The van der Waals surface area contributed by atoms with E-state index in [2.05, 4.69) is 10.6 Å². The van der Waals surface area contributed by atoms with Crippen molar-refractivity contribution in [1.29, 1.82) is 0 Å². The first-order chi connectivity index (χ1) is 14.5. The Kier molecular flexibility index (Phi) is 6.41. The number of Topliss-reactive ketones (excluding diaryl/α,β-unsaturated/α-hetero) is 1. The second kappa shape index (κ2) is 9.17. The Bertz CT molecular complexity index is 1000. The standard InChI is InChI=1S/C23H24N2O5/c1-14-10-11-17(20(24-14)21(26)15-8-6-5-7-9-15)25-23(27)16-12-18(28-2)22(30-4)19(13-16)29-3/h5-10,12-13,24H,11H2,1-4H3,(H,25,27). The highest BCUT2D eigenvalue weighted by atomic mass is 16.5. The minimum absolute atomic E-state index is 0.191. The van der Waals surface area contributed by atoms with Gasteiger partial charge in [-0.25, -0.2) is 0 Å². The summed E-state index contributed by atoms with van der Waals surface area (Å²) in [7, 11) is 4.46. The number of rotatable bonds is 7. The summed E-state index contributed by atoms with van der Waals surface area (Å²) in [4.78, 5) is 26.0. The number of ether oxygens (including phenoxy) is 3. The maximum absolute atomic E-state index is 13.0. The monoisotopic (exact) mass is 408 g/mol. The van der Waals surface area contributed by atoms with E-state index >= 15 is 0 Å². The molecule has 0 fully saturated rings. The zero-order valence-corrected chi connectivity index (χ0v) is 17.4. The van der Waals surface area contributed by atoms with E-state index in [-0.39, 0.29) is 5.78 Å². The number of hydrogen-bond donors (Lipinski definition) is 2. The van der Waals surface area contributed by atoms with Crippen LogP contribution >= 0.6 is 0 Å². The van der Waals surface area contributed by atoms with Crippen molar-refractivity contribution >= 4 is 11.7 Å². The van der Waals surface area contributed by atoms with Gasteiger partial charge in [0.1, 0.15) is 5.70 Å². The Balaban J connectivity index is 1.94. The van der Waals surface area contributed by atoms with Crippen LogP contribution in [0.4, 0.5) is 0 Å². The SMILES string of the molecule is COc1cc(C(=O)NC2=C(C(=O)c3ccccc3)NC(C)=CC2)cc(OC)c1OC. The molecule has 30 heavy (non-hydrogen) atoms. The number of carbonyl (C=O) groups excluding carboxylic acids is 2. The van der Waals surface area contributed by atoms with E-state index in [4.69, 9.17) is 14.2 Å². The molecule has 0 aliphatic carbocycles. The Morgan fingerprint density at radius 2 is 1.57 bits per heavy atom. The minimum atomic E-state index is -0.391. The highest BCUT2D eigenvalue weighted by Crippen LogP contribution is 2.38. The smallest absolute Gasteiger partial charge is 0.255 e. The molecule has 7 nitrogen and oxygen atoms in total. The molecule has 0 atom stereocenters. The van der Waals surface area contributed by atoms with Crippen LogP contribution in [-0.4, -0.2) is 33.0 Å². The van der Waals surface area contributed by atoms with Crippen molar-refractivity contribution < 1.29 is 23.8 Å². The molecule has 0 aromatic heterocycles. The van der Waals surface area contributed by atoms with Gasteiger partial charge in [0.15, 0.2) is 11.5 Å². The van der Waals surface area contributed by atoms with Gasteiger partial charge in [-0.15, -0.1) is 0 Å². The molecule has 156 valence electrons. The number of methoxy groups -OCH3 is 3. The highest BCUT2D eigenvalue weighted by molar-refractivity contribution is 6.09. The topological polar surface area (TPSA) is 85.9 Å². The van der Waals surface area contributed by atoms with Crippen LogP contribution in [-0.2, 0) is 0 Å². The highest BCUT2D eigenvalue weighted by Gasteiger charge is 2.23. The third-order valence-electron chi connectivity index (χ3n) is 4.69. The van der Waals surface area contributed by atoms with Crippen LogP contribution < -0.4 is 24.8 Å². The number of hydrogen-bond acceptors (Lipinski definition) is 6. The minimum Gasteiger partial charge on any atom is -0.493 e. The zero-order chi connectivity index (χ0) is 21.7. The van der Waals surface area contributed by atoms with Gasteiger partial charge >= 0.3 is 0 Å². The molecule has 2 aromatic carbocycles. The van der Waals surface area contributed by atoms with E-state index < -0.39 is 5.91 Å². The molecular formula is C23H24N2O5. The number of amides is 1. The Morgan fingerprint density at radius 1 is 0.933 bits per heavy atom. The molecule has 1 aliphatic rings. The fraction of sp³-hybridized carbons (Fsp3) is 0.217. The summed E-state index contributed by atoms with van der Waals surface area (Å²) in [6.45, 7) is 1.87. The largest absolute Gasteiger partial charge is 0.493 e. The summed E-state index contributed by atoms with van der Waals surface area (Å²) in [5.74, 6) is 0.553. The third kappa shape index (κ3) is 4.30. The first kappa shape index (κ1) is 21.0. The Morgan fingerprint density at radius 3 is 2.13 bits per heavy atom. The predicted octanol–water partition coefficient (Wildman–Crippen LogP) is 3.43. The molecule has 0 bridgehead atoms. The van der Waals surface area contributed by atoms with Crippen molar-refractivity contribution in [3.8, 4) is 17.2 Å². The normalized spacial score (nSPS) is 13.1. The molecule has 2 aromatic rings. The van der Waals surface area contributed by atoms with Gasteiger partial charge < -0.3 is 24.8 Å². The number of nitrogens with one attached hydrogen (secondary N) is 2. The van der Waals surface area contributed by atoms with Crippen LogP contribution in [0.3, 0.4) is 0 Å². The van der Waals surface area contributed by atoms with E-state index in [0.29, 0.717) is 46.2 Å². The molecule has 3 rings (SSSR count). The molecule has 0 unspecified atom stereocenters. The first-order valence-electron chi connectivity index (χ1n) is 9.36. The van der Waals surface area contributed by atoms with Crippen molar-refractivity contribution in [2.24, 2.45) is 0 Å². The van der Waals surface area contributed by atoms with Crippen LogP contribution in [0.15, 0.2) is 65.6 Å². The van der Waals surface area contributed by atoms with E-state index in [9.17, 15) is 9.59 Å². The summed E-state index contributed by atoms with van der Waals surface area (Å²) in [6.07, 6.45) is 2.33. The summed E-state index contributed by atoms with van der Waals surface area (Å²) in [6, 6.07) is 12.0. The number of ketones is 1. The average molecular weight is 408 g/mol. The van der Waals surface area contributed by atoms with Gasteiger partial charge in [-0.3, -0.25) is 9.59 Å². The van der Waals surface area contributed by atoms with Crippen molar-refractivity contribution in [2.75, 3.05) is 21.3 Å². The molecule has 0 saturated carbocycles. The van der Waals surface area contributed by atoms with Gasteiger partial charge in [0, 0.05) is 28.9 Å². The molecular weight excluding hydrogens is 384 g/mol. The fourth-order valence-electron chi connectivity index (χ4n) is 3.14. The van der Waals surface area contributed by atoms with Crippen LogP contribution in [0.2, 0.25) is 0 Å². The molecule has 1 heterocycles. The molecule has 1 amide bonds. The number of benzene rings is 2. The number of allylic oxidation sites excluding steroid dienone is 3. The Hall–Kier alpha value is -3.74. The van der Waals surface area contributed by atoms with Crippen molar-refractivity contribution in [1.82, 2.24) is 10.6 Å². The van der Waals surface area contributed by atoms with Gasteiger partial charge in [0.2, 0.25) is 11.5 Å². The molecule has 2 N–H and O–H groups in total. The van der Waals surface area contributed by atoms with E-state index in [1.165, 1.54) is 21.3 Å². The van der Waals surface area contributed by atoms with Crippen LogP contribution in [0.25, 0.3) is 0 Å². The maximum atomic E-state index is 13.0. The van der Waals surface area contributed by atoms with Crippen LogP contribution in [0, 0.1) is 0 Å². The first-order valence-corrected chi connectivity index (χ1v) is 9.36. The second-order valence-corrected chi connectivity index (χ2v) is 6.63. The Labute approximate surface area is 175 Å². The zero-order valence-electron chi connectivity index (χ0n) is 17.4. The molecule has 0 spiro atoms. The average Bonchev–Trinajstić information content (AvgIpc) is 2.79. The van der Waals surface area contributed by atoms with E-state index in [1.807, 2.05) is 19.1 Å². The van der Waals surface area contributed by atoms with Gasteiger partial charge in [-0.1, -0.05) is 36.4 Å². The van der Waals surface area contributed by atoms with Crippen molar-refractivity contribution in [3.63, 3.8) is 0 Å². The molecule has 7 heteroatoms. The quantitative estimate of drug-likeness (QED) is 0.683. The van der Waals surface area contributed by atoms with Gasteiger partial charge in [-0.2, -0.15) is 0 Å². The summed E-state index contributed by atoms with van der Waals surface area (Å²) in [5.41, 5.74) is 2.54. The lowest BCUT2D eigenvalue weighted by Crippen LogP contribution is -2.32. The fourth-order valence-corrected chi connectivity index (χ4v) is 3.14. The lowest BCUT2D eigenvalue weighted by Gasteiger charge is -2.21. The number of dihydropyridines is 1. The summed E-state index contributed by atoms with van der Waals surface area (Å²) >= 11 is 0. The summed E-state index contributed by atoms with van der Waals surface area (Å²) < 4.78 is 15.9. The van der Waals surface area contributed by atoms with Crippen LogP contribution in [0.1, 0.15) is 34.1 Å². The van der Waals surface area contributed by atoms with Crippen molar-refractivity contribution in [2.45, 2.75) is 13.3 Å². The lowest BCUT2D eigenvalue weighted by atomic mass is 10.0. The molecule has 1 aliphatic heterocycles. The summed E-state index contributed by atoms with van der Waals surface area (Å²) in [5, 5.41) is 5.95. The van der Waals surface area contributed by atoms with Gasteiger partial charge in [0.05, 0.1) is 21.3 Å². The van der Waals surface area contributed by atoms with Gasteiger partial charge in [-0.05, 0) is 19.1 Å². The molecule has 0 saturated heterocycles. The molecule has 0 radical (unpaired) electrons. The number of carbonyl (C=O) groups is 2. The van der Waals surface area contributed by atoms with Crippen molar-refractivity contribution in [3.05, 3.63) is 76.8 Å². The van der Waals surface area contributed by atoms with E-state index in [1.54, 1.807) is 36.4 Å². The van der Waals surface area contributed by atoms with Gasteiger partial charge in [0.25, 0.3) is 5.91 Å². The lowest BCUT2D eigenvalue weighted by molar-refractivity contribution is 0.0962.